The molecule has 0 radical (unpaired) electrons. The lowest BCUT2D eigenvalue weighted by Gasteiger charge is -2.10. The van der Waals surface area contributed by atoms with Crippen LogP contribution in [-0.2, 0) is 12.8 Å². The van der Waals surface area contributed by atoms with Crippen LogP contribution in [0.4, 0.5) is 0 Å². The second-order valence-corrected chi connectivity index (χ2v) is 4.76. The number of rotatable bonds is 3. The first-order valence-corrected chi connectivity index (χ1v) is 6.49. The molecule has 2 heteroatoms. The van der Waals surface area contributed by atoms with Gasteiger partial charge >= 0.3 is 0 Å². The van der Waals surface area contributed by atoms with Crippen LogP contribution < -0.4 is 0 Å². The maximum absolute atomic E-state index is 9.83. The van der Waals surface area contributed by atoms with Crippen molar-refractivity contribution in [3.05, 3.63) is 34.9 Å². The highest BCUT2D eigenvalue weighted by molar-refractivity contribution is 7.98. The Morgan fingerprint density at radius 2 is 2.14 bits per heavy atom. The molecule has 14 heavy (non-hydrogen) atoms. The van der Waals surface area contributed by atoms with Gasteiger partial charge in [0.15, 0.2) is 0 Å². The van der Waals surface area contributed by atoms with E-state index >= 15 is 0 Å². The van der Waals surface area contributed by atoms with E-state index in [-0.39, 0.29) is 6.10 Å². The Morgan fingerprint density at radius 1 is 1.36 bits per heavy atom. The Balaban J connectivity index is 2.19. The minimum absolute atomic E-state index is 0.295. The number of hydrogen-bond acceptors (Lipinski definition) is 2. The van der Waals surface area contributed by atoms with Crippen molar-refractivity contribution in [1.29, 1.82) is 0 Å². The molecule has 1 nitrogen and oxygen atoms in total. The van der Waals surface area contributed by atoms with Crippen LogP contribution in [0.1, 0.15) is 29.2 Å². The number of benzene rings is 1. The molecule has 1 atom stereocenters. The van der Waals surface area contributed by atoms with E-state index in [9.17, 15) is 5.11 Å². The number of aryl methyl sites for hydroxylation is 2. The number of aliphatic hydroxyl groups excluding tert-OH is 1. The summed E-state index contributed by atoms with van der Waals surface area (Å²) in [5.74, 6) is 0.790. The van der Waals surface area contributed by atoms with Gasteiger partial charge in [-0.3, -0.25) is 0 Å². The topological polar surface area (TPSA) is 20.2 Å². The van der Waals surface area contributed by atoms with Crippen molar-refractivity contribution >= 4 is 11.8 Å². The lowest BCUT2D eigenvalue weighted by molar-refractivity contribution is 0.204. The first-order valence-electron chi connectivity index (χ1n) is 5.10. The number of hydrogen-bond donors (Lipinski definition) is 1. The highest BCUT2D eigenvalue weighted by Crippen LogP contribution is 2.26. The second kappa shape index (κ2) is 4.37. The van der Waals surface area contributed by atoms with Crippen LogP contribution in [0, 0.1) is 0 Å². The van der Waals surface area contributed by atoms with Gasteiger partial charge in [-0.1, -0.05) is 18.2 Å². The van der Waals surface area contributed by atoms with Crippen LogP contribution in [0.15, 0.2) is 18.2 Å². The average molecular weight is 208 g/mol. The lowest BCUT2D eigenvalue weighted by atomic mass is 10.0. The largest absolute Gasteiger partial charge is 0.388 e. The predicted octanol–water partition coefficient (Wildman–Crippen LogP) is 2.57. The molecule has 76 valence electrons. The number of thioether (sulfide) groups is 1. The molecule has 0 saturated heterocycles. The van der Waals surface area contributed by atoms with E-state index in [4.69, 9.17) is 0 Å². The summed E-state index contributed by atoms with van der Waals surface area (Å²) in [5.41, 5.74) is 4.01. The molecular formula is C12H16OS. The fraction of sp³-hybridized carbons (Fsp3) is 0.500. The molecule has 0 aromatic heterocycles. The van der Waals surface area contributed by atoms with Gasteiger partial charge in [0, 0.05) is 5.75 Å². The van der Waals surface area contributed by atoms with Crippen LogP contribution in [0.2, 0.25) is 0 Å². The van der Waals surface area contributed by atoms with Crippen molar-refractivity contribution in [2.24, 2.45) is 0 Å². The molecule has 0 amide bonds. The van der Waals surface area contributed by atoms with Gasteiger partial charge in [-0.15, -0.1) is 0 Å². The molecule has 0 fully saturated rings. The highest BCUT2D eigenvalue weighted by atomic mass is 32.2. The first-order chi connectivity index (χ1) is 6.81. The van der Waals surface area contributed by atoms with Crippen LogP contribution in [0.5, 0.6) is 0 Å². The number of fused-ring (bicyclic) bond motifs is 1. The van der Waals surface area contributed by atoms with Gasteiger partial charge in [-0.2, -0.15) is 11.8 Å². The zero-order valence-electron chi connectivity index (χ0n) is 8.49. The van der Waals surface area contributed by atoms with E-state index in [0.717, 1.165) is 11.3 Å². The van der Waals surface area contributed by atoms with Gasteiger partial charge in [-0.25, -0.2) is 0 Å². The van der Waals surface area contributed by atoms with E-state index < -0.39 is 0 Å². The Kier molecular flexibility index (Phi) is 3.14. The zero-order chi connectivity index (χ0) is 9.97. The predicted molar refractivity (Wildman–Crippen MR) is 61.8 cm³/mol. The summed E-state index contributed by atoms with van der Waals surface area (Å²) < 4.78 is 0. The summed E-state index contributed by atoms with van der Waals surface area (Å²) in [4.78, 5) is 0. The van der Waals surface area contributed by atoms with Crippen molar-refractivity contribution in [3.63, 3.8) is 0 Å². The zero-order valence-corrected chi connectivity index (χ0v) is 9.31. The molecule has 0 bridgehead atoms. The molecule has 2 rings (SSSR count). The van der Waals surface area contributed by atoms with Crippen LogP contribution in [0.25, 0.3) is 0 Å². The average Bonchev–Trinajstić information content (AvgIpc) is 2.64. The van der Waals surface area contributed by atoms with Gasteiger partial charge < -0.3 is 5.11 Å². The highest BCUT2D eigenvalue weighted by Gasteiger charge is 2.13. The molecule has 0 aliphatic heterocycles. The summed E-state index contributed by atoms with van der Waals surface area (Å²) in [6, 6.07) is 6.44. The quantitative estimate of drug-likeness (QED) is 0.824. The fourth-order valence-electron chi connectivity index (χ4n) is 2.05. The van der Waals surface area contributed by atoms with Crippen LogP contribution >= 0.6 is 11.8 Å². The SMILES string of the molecule is CSCC(O)c1ccc2c(c1)CCC2. The maximum Gasteiger partial charge on any atom is 0.0880 e. The smallest absolute Gasteiger partial charge is 0.0880 e. The van der Waals surface area contributed by atoms with E-state index in [1.807, 2.05) is 6.26 Å². The molecule has 1 unspecified atom stereocenters. The van der Waals surface area contributed by atoms with E-state index in [2.05, 4.69) is 18.2 Å². The molecule has 1 N–H and O–H groups in total. The van der Waals surface area contributed by atoms with Crippen molar-refractivity contribution < 1.29 is 5.11 Å². The second-order valence-electron chi connectivity index (χ2n) is 3.85. The van der Waals surface area contributed by atoms with E-state index in [1.54, 1.807) is 11.8 Å². The van der Waals surface area contributed by atoms with Crippen LogP contribution in [0.3, 0.4) is 0 Å². The molecule has 1 aromatic carbocycles. The summed E-state index contributed by atoms with van der Waals surface area (Å²) in [5, 5.41) is 9.83. The van der Waals surface area contributed by atoms with E-state index in [0.29, 0.717) is 0 Å². The lowest BCUT2D eigenvalue weighted by Crippen LogP contribution is -2.01. The van der Waals surface area contributed by atoms with Crippen molar-refractivity contribution in [1.82, 2.24) is 0 Å². The Morgan fingerprint density at radius 3 is 2.93 bits per heavy atom. The monoisotopic (exact) mass is 208 g/mol. The minimum atomic E-state index is -0.295. The van der Waals surface area contributed by atoms with Gasteiger partial charge in [-0.05, 0) is 42.2 Å². The Hall–Kier alpha value is -0.470. The summed E-state index contributed by atoms with van der Waals surface area (Å²) in [6.07, 6.45) is 5.41. The van der Waals surface area contributed by atoms with Gasteiger partial charge in [0.1, 0.15) is 0 Å². The standard InChI is InChI=1S/C12H16OS/c1-14-8-12(13)11-6-5-9-3-2-4-10(9)7-11/h5-7,12-13H,2-4,8H2,1H3. The Bertz CT molecular complexity index is 322. The molecule has 0 spiro atoms. The molecule has 1 aliphatic carbocycles. The normalized spacial score (nSPS) is 16.7. The van der Waals surface area contributed by atoms with Crippen molar-refractivity contribution in [2.75, 3.05) is 12.0 Å². The molecule has 1 aromatic rings. The maximum atomic E-state index is 9.83. The summed E-state index contributed by atoms with van der Waals surface area (Å²) in [7, 11) is 0. The third-order valence-corrected chi connectivity index (χ3v) is 3.48. The van der Waals surface area contributed by atoms with Crippen molar-refractivity contribution in [3.8, 4) is 0 Å². The summed E-state index contributed by atoms with van der Waals surface area (Å²) >= 11 is 1.69. The van der Waals surface area contributed by atoms with Crippen molar-refractivity contribution in [2.45, 2.75) is 25.4 Å². The summed E-state index contributed by atoms with van der Waals surface area (Å²) in [6.45, 7) is 0. The third kappa shape index (κ3) is 1.96. The fourth-order valence-corrected chi connectivity index (χ4v) is 2.56. The molecule has 1 aliphatic rings. The molecule has 0 saturated carbocycles. The van der Waals surface area contributed by atoms with E-state index in [1.165, 1.54) is 30.4 Å². The number of aliphatic hydroxyl groups is 1. The van der Waals surface area contributed by atoms with Gasteiger partial charge in [0.2, 0.25) is 0 Å². The Labute approximate surface area is 89.5 Å². The minimum Gasteiger partial charge on any atom is -0.388 e. The van der Waals surface area contributed by atoms with Gasteiger partial charge in [0.05, 0.1) is 6.10 Å². The molecular weight excluding hydrogens is 192 g/mol. The van der Waals surface area contributed by atoms with Gasteiger partial charge in [0.25, 0.3) is 0 Å². The van der Waals surface area contributed by atoms with Crippen LogP contribution in [-0.4, -0.2) is 17.1 Å². The molecule has 0 heterocycles. The first kappa shape index (κ1) is 10.1. The third-order valence-electron chi connectivity index (χ3n) is 2.83.